The topological polar surface area (TPSA) is 105 Å². The molecule has 102 valence electrons. The molecule has 18 heavy (non-hydrogen) atoms. The maximum Gasteiger partial charge on any atom is 0.241 e. The number of piperidine rings is 1. The van der Waals surface area contributed by atoms with Crippen LogP contribution in [0.2, 0.25) is 0 Å². The lowest BCUT2D eigenvalue weighted by Crippen LogP contribution is -2.45. The molecule has 1 saturated heterocycles. The van der Waals surface area contributed by atoms with Crippen LogP contribution in [0.3, 0.4) is 0 Å². The van der Waals surface area contributed by atoms with Gasteiger partial charge in [-0.1, -0.05) is 0 Å². The zero-order chi connectivity index (χ0) is 13.4. The highest BCUT2D eigenvalue weighted by Crippen LogP contribution is 2.07. The third kappa shape index (κ3) is 5.13. The summed E-state index contributed by atoms with van der Waals surface area (Å²) in [6.45, 7) is 1.21. The quantitative estimate of drug-likeness (QED) is 0.539. The lowest BCUT2D eigenvalue weighted by Gasteiger charge is -2.26. The zero-order valence-electron chi connectivity index (χ0n) is 10.4. The van der Waals surface area contributed by atoms with Crippen molar-refractivity contribution in [3.05, 3.63) is 0 Å². The van der Waals surface area contributed by atoms with Gasteiger partial charge in [0.1, 0.15) is 0 Å². The molecule has 0 radical (unpaired) electrons. The highest BCUT2D eigenvalue weighted by Gasteiger charge is 2.16. The van der Waals surface area contributed by atoms with Gasteiger partial charge in [0.15, 0.2) is 0 Å². The molecule has 4 N–H and O–H groups in total. The second-order valence-corrected chi connectivity index (χ2v) is 4.20. The van der Waals surface area contributed by atoms with Crippen molar-refractivity contribution in [3.63, 3.8) is 0 Å². The molecule has 0 saturated carbocycles. The Hall–Kier alpha value is -1.63. The molecule has 0 aromatic heterocycles. The van der Waals surface area contributed by atoms with E-state index in [9.17, 15) is 14.4 Å². The second-order valence-electron chi connectivity index (χ2n) is 4.20. The molecule has 1 aliphatic heterocycles. The number of nitrogens with zero attached hydrogens (tertiary/aromatic N) is 1. The monoisotopic (exact) mass is 256 g/mol. The van der Waals surface area contributed by atoms with Crippen LogP contribution in [0.15, 0.2) is 0 Å². The summed E-state index contributed by atoms with van der Waals surface area (Å²) in [7, 11) is 0. The Balaban J connectivity index is 2.17. The van der Waals surface area contributed by atoms with Gasteiger partial charge in [-0.05, 0) is 19.3 Å². The third-order valence-electron chi connectivity index (χ3n) is 2.78. The summed E-state index contributed by atoms with van der Waals surface area (Å²) in [5, 5.41) is 4.81. The first kappa shape index (κ1) is 14.4. The number of carbonyl (C=O) groups is 3. The van der Waals surface area contributed by atoms with E-state index in [-0.39, 0.29) is 31.4 Å². The van der Waals surface area contributed by atoms with Crippen LogP contribution >= 0.6 is 0 Å². The van der Waals surface area contributed by atoms with Gasteiger partial charge in [0.25, 0.3) is 0 Å². The van der Waals surface area contributed by atoms with Crippen LogP contribution < -0.4 is 16.4 Å². The van der Waals surface area contributed by atoms with Crippen molar-refractivity contribution >= 4 is 17.7 Å². The summed E-state index contributed by atoms with van der Waals surface area (Å²) in [6, 6.07) is 0. The molecule has 0 aromatic rings. The number of nitrogens with one attached hydrogen (secondary N) is 2. The van der Waals surface area contributed by atoms with E-state index in [1.165, 1.54) is 0 Å². The summed E-state index contributed by atoms with van der Waals surface area (Å²) in [4.78, 5) is 35.6. The largest absolute Gasteiger partial charge is 0.346 e. The van der Waals surface area contributed by atoms with E-state index in [0.717, 1.165) is 32.4 Å². The lowest BCUT2D eigenvalue weighted by atomic mass is 10.1. The third-order valence-corrected chi connectivity index (χ3v) is 2.78. The Labute approximate surface area is 106 Å². The van der Waals surface area contributed by atoms with E-state index in [2.05, 4.69) is 10.6 Å². The molecule has 3 amide bonds. The Bertz CT molecular complexity index is 313. The van der Waals surface area contributed by atoms with Gasteiger partial charge in [-0.3, -0.25) is 14.4 Å². The summed E-state index contributed by atoms with van der Waals surface area (Å²) in [6.07, 6.45) is 3.19. The Kier molecular flexibility index (Phi) is 6.13. The molecule has 0 aliphatic carbocycles. The summed E-state index contributed by atoms with van der Waals surface area (Å²) in [5.41, 5.74) is 5.07. The highest BCUT2D eigenvalue weighted by molar-refractivity contribution is 5.88. The maximum absolute atomic E-state index is 11.7. The van der Waals surface area contributed by atoms with Gasteiger partial charge in [0, 0.05) is 13.1 Å². The summed E-state index contributed by atoms with van der Waals surface area (Å²) >= 11 is 0. The van der Waals surface area contributed by atoms with Gasteiger partial charge >= 0.3 is 0 Å². The fourth-order valence-corrected chi connectivity index (χ4v) is 1.74. The lowest BCUT2D eigenvalue weighted by molar-refractivity contribution is -0.133. The molecule has 0 spiro atoms. The van der Waals surface area contributed by atoms with Gasteiger partial charge in [0.2, 0.25) is 17.7 Å². The van der Waals surface area contributed by atoms with Gasteiger partial charge in [-0.15, -0.1) is 0 Å². The van der Waals surface area contributed by atoms with Crippen molar-refractivity contribution < 1.29 is 14.4 Å². The Morgan fingerprint density at radius 3 is 2.17 bits per heavy atom. The SMILES string of the molecule is NCC(=O)NCC(=O)NCC(=O)N1CCCCC1. The van der Waals surface area contributed by atoms with E-state index >= 15 is 0 Å². The van der Waals surface area contributed by atoms with Crippen LogP contribution in [0.25, 0.3) is 0 Å². The molecule has 1 fully saturated rings. The number of likely N-dealkylation sites (tertiary alicyclic amines) is 1. The average Bonchev–Trinajstić information content (AvgIpc) is 2.42. The fourth-order valence-electron chi connectivity index (χ4n) is 1.74. The molecule has 7 nitrogen and oxygen atoms in total. The highest BCUT2D eigenvalue weighted by atomic mass is 16.2. The number of hydrogen-bond acceptors (Lipinski definition) is 4. The minimum Gasteiger partial charge on any atom is -0.346 e. The molecule has 1 rings (SSSR count). The number of nitrogens with two attached hydrogens (primary N) is 1. The van der Waals surface area contributed by atoms with Crippen molar-refractivity contribution in [3.8, 4) is 0 Å². The zero-order valence-corrected chi connectivity index (χ0v) is 10.4. The average molecular weight is 256 g/mol. The normalized spacial score (nSPS) is 15.1. The number of hydrogen-bond donors (Lipinski definition) is 3. The molecule has 1 aliphatic rings. The summed E-state index contributed by atoms with van der Waals surface area (Å²) < 4.78 is 0. The Morgan fingerprint density at radius 2 is 1.56 bits per heavy atom. The fraction of sp³-hybridized carbons (Fsp3) is 0.727. The van der Waals surface area contributed by atoms with Gasteiger partial charge in [0.05, 0.1) is 19.6 Å². The minimum absolute atomic E-state index is 0.0165. The molecule has 0 atom stereocenters. The second kappa shape index (κ2) is 7.65. The smallest absolute Gasteiger partial charge is 0.241 e. The number of amides is 3. The van der Waals surface area contributed by atoms with Crippen molar-refractivity contribution in [1.29, 1.82) is 0 Å². The van der Waals surface area contributed by atoms with Crippen LogP contribution in [0.1, 0.15) is 19.3 Å². The standard InChI is InChI=1S/C11H20N4O3/c12-6-9(16)13-7-10(17)14-8-11(18)15-4-2-1-3-5-15/h1-8,12H2,(H,13,16)(H,14,17). The molecule has 0 bridgehead atoms. The molecule has 1 heterocycles. The predicted molar refractivity (Wildman–Crippen MR) is 65.5 cm³/mol. The van der Waals surface area contributed by atoms with Crippen LogP contribution in [0.4, 0.5) is 0 Å². The molecular weight excluding hydrogens is 236 g/mol. The van der Waals surface area contributed by atoms with Gasteiger partial charge in [-0.25, -0.2) is 0 Å². The first-order valence-corrected chi connectivity index (χ1v) is 6.14. The number of rotatable bonds is 5. The van der Waals surface area contributed by atoms with E-state index in [1.807, 2.05) is 0 Å². The first-order valence-electron chi connectivity index (χ1n) is 6.14. The summed E-state index contributed by atoms with van der Waals surface area (Å²) in [5.74, 6) is -0.858. The van der Waals surface area contributed by atoms with Crippen LogP contribution in [-0.2, 0) is 14.4 Å². The van der Waals surface area contributed by atoms with Crippen molar-refractivity contribution in [1.82, 2.24) is 15.5 Å². The molecule has 0 aromatic carbocycles. The predicted octanol–water partition coefficient (Wildman–Crippen LogP) is -1.81. The van der Waals surface area contributed by atoms with Crippen molar-refractivity contribution in [2.75, 3.05) is 32.7 Å². The van der Waals surface area contributed by atoms with Gasteiger partial charge in [-0.2, -0.15) is 0 Å². The van der Waals surface area contributed by atoms with Crippen molar-refractivity contribution in [2.24, 2.45) is 5.73 Å². The molecule has 7 heteroatoms. The minimum atomic E-state index is -0.396. The van der Waals surface area contributed by atoms with E-state index in [1.54, 1.807) is 4.90 Å². The Morgan fingerprint density at radius 1 is 0.944 bits per heavy atom. The van der Waals surface area contributed by atoms with Crippen LogP contribution in [0, 0.1) is 0 Å². The first-order chi connectivity index (χ1) is 8.63. The van der Waals surface area contributed by atoms with E-state index in [0.29, 0.717) is 0 Å². The van der Waals surface area contributed by atoms with Crippen LogP contribution in [0.5, 0.6) is 0 Å². The molecule has 0 unspecified atom stereocenters. The van der Waals surface area contributed by atoms with Crippen molar-refractivity contribution in [2.45, 2.75) is 19.3 Å². The van der Waals surface area contributed by atoms with E-state index in [4.69, 9.17) is 5.73 Å². The van der Waals surface area contributed by atoms with Crippen LogP contribution in [-0.4, -0.2) is 55.3 Å². The van der Waals surface area contributed by atoms with E-state index < -0.39 is 5.91 Å². The van der Waals surface area contributed by atoms with Gasteiger partial charge < -0.3 is 21.3 Å². The molecular formula is C11H20N4O3. The maximum atomic E-state index is 11.7. The number of carbonyl (C=O) groups excluding carboxylic acids is 3.